The zero-order valence-corrected chi connectivity index (χ0v) is 12.5. The van der Waals surface area contributed by atoms with Crippen molar-refractivity contribution in [3.8, 4) is 11.1 Å². The van der Waals surface area contributed by atoms with Crippen LogP contribution < -0.4 is 0 Å². The molecule has 0 aliphatic heterocycles. The van der Waals surface area contributed by atoms with E-state index in [1.54, 1.807) is 18.3 Å². The number of alkyl halides is 1. The van der Waals surface area contributed by atoms with E-state index in [0.29, 0.717) is 11.1 Å². The summed E-state index contributed by atoms with van der Waals surface area (Å²) in [4.78, 5) is 22.1. The Morgan fingerprint density at radius 3 is 2.75 bits per heavy atom. The Hall–Kier alpha value is -1.95. The molecule has 1 heterocycles. The highest BCUT2D eigenvalue weighted by Gasteiger charge is 2.15. The second kappa shape index (κ2) is 6.00. The second-order valence-electron chi connectivity index (χ2n) is 4.38. The van der Waals surface area contributed by atoms with E-state index in [2.05, 4.69) is 15.9 Å². The lowest BCUT2D eigenvalue weighted by atomic mass is 10.0. The van der Waals surface area contributed by atoms with Crippen molar-refractivity contribution in [1.82, 2.24) is 4.57 Å². The Morgan fingerprint density at radius 1 is 1.40 bits per heavy atom. The maximum Gasteiger partial charge on any atom is 0.270 e. The predicted octanol–water partition coefficient (Wildman–Crippen LogP) is 3.66. The van der Waals surface area contributed by atoms with Gasteiger partial charge in [-0.25, -0.2) is 0 Å². The number of hydrogen-bond donors (Lipinski definition) is 0. The standard InChI is InChI=1S/C14H13BrN2O3/c1-10(18)13-8-16(6-5-15)9-14(13)11-3-2-4-12(7-11)17(19)20/h2-4,7-9H,5-6H2,1H3. The van der Waals surface area contributed by atoms with Gasteiger partial charge in [-0.2, -0.15) is 0 Å². The third kappa shape index (κ3) is 2.96. The molecule has 0 atom stereocenters. The Labute approximate surface area is 124 Å². The van der Waals surface area contributed by atoms with Crippen LogP contribution in [0.25, 0.3) is 11.1 Å². The summed E-state index contributed by atoms with van der Waals surface area (Å²) in [6, 6.07) is 6.32. The minimum Gasteiger partial charge on any atom is -0.352 e. The highest BCUT2D eigenvalue weighted by atomic mass is 79.9. The number of carbonyl (C=O) groups excluding carboxylic acids is 1. The highest BCUT2D eigenvalue weighted by molar-refractivity contribution is 9.09. The molecule has 1 aromatic carbocycles. The number of benzene rings is 1. The van der Waals surface area contributed by atoms with Crippen molar-refractivity contribution in [2.45, 2.75) is 13.5 Å². The van der Waals surface area contributed by atoms with Crippen LogP contribution in [0.1, 0.15) is 17.3 Å². The van der Waals surface area contributed by atoms with E-state index in [4.69, 9.17) is 0 Å². The number of hydrogen-bond acceptors (Lipinski definition) is 3. The highest BCUT2D eigenvalue weighted by Crippen LogP contribution is 2.28. The average molecular weight is 337 g/mol. The largest absolute Gasteiger partial charge is 0.352 e. The SMILES string of the molecule is CC(=O)c1cn(CCBr)cc1-c1cccc([N+](=O)[O-])c1. The van der Waals surface area contributed by atoms with Gasteiger partial charge in [0.25, 0.3) is 5.69 Å². The van der Waals surface area contributed by atoms with Gasteiger partial charge in [0.1, 0.15) is 0 Å². The van der Waals surface area contributed by atoms with Crippen molar-refractivity contribution in [1.29, 1.82) is 0 Å². The Morgan fingerprint density at radius 2 is 2.15 bits per heavy atom. The summed E-state index contributed by atoms with van der Waals surface area (Å²) in [6.45, 7) is 2.23. The van der Waals surface area contributed by atoms with Gasteiger partial charge in [0.15, 0.2) is 5.78 Å². The van der Waals surface area contributed by atoms with Crippen molar-refractivity contribution in [3.05, 3.63) is 52.3 Å². The molecule has 6 heteroatoms. The average Bonchev–Trinajstić information content (AvgIpc) is 2.83. The van der Waals surface area contributed by atoms with E-state index < -0.39 is 4.92 Å². The van der Waals surface area contributed by atoms with Gasteiger partial charge in [-0.1, -0.05) is 28.1 Å². The first-order valence-electron chi connectivity index (χ1n) is 6.04. The summed E-state index contributed by atoms with van der Waals surface area (Å²) in [5.41, 5.74) is 2.00. The fourth-order valence-electron chi connectivity index (χ4n) is 2.03. The number of non-ortho nitro benzene ring substituents is 1. The molecule has 2 rings (SSSR count). The summed E-state index contributed by atoms with van der Waals surface area (Å²) >= 11 is 3.35. The summed E-state index contributed by atoms with van der Waals surface area (Å²) in [7, 11) is 0. The maximum absolute atomic E-state index is 11.7. The summed E-state index contributed by atoms with van der Waals surface area (Å²) < 4.78 is 1.90. The number of aromatic nitrogens is 1. The lowest BCUT2D eigenvalue weighted by Crippen LogP contribution is -1.95. The molecule has 104 valence electrons. The molecule has 1 aromatic heterocycles. The lowest BCUT2D eigenvalue weighted by Gasteiger charge is -2.01. The molecule has 0 bridgehead atoms. The van der Waals surface area contributed by atoms with Gasteiger partial charge in [-0.3, -0.25) is 14.9 Å². The van der Waals surface area contributed by atoms with Gasteiger partial charge in [0.2, 0.25) is 0 Å². The second-order valence-corrected chi connectivity index (χ2v) is 5.17. The minimum atomic E-state index is -0.438. The molecule has 0 saturated carbocycles. The van der Waals surface area contributed by atoms with Gasteiger partial charge in [0.05, 0.1) is 4.92 Å². The minimum absolute atomic E-state index is 0.0187. The summed E-state index contributed by atoms with van der Waals surface area (Å²) in [5.74, 6) is -0.0557. The number of rotatable bonds is 5. The number of Topliss-reactive ketones (excluding diaryl/α,β-unsaturated/α-hetero) is 1. The number of halogens is 1. The third-order valence-corrected chi connectivity index (χ3v) is 3.32. The van der Waals surface area contributed by atoms with Gasteiger partial charge in [-0.15, -0.1) is 0 Å². The molecule has 20 heavy (non-hydrogen) atoms. The summed E-state index contributed by atoms with van der Waals surface area (Å²) in [6.07, 6.45) is 3.62. The van der Waals surface area contributed by atoms with Gasteiger partial charge in [0, 0.05) is 47.5 Å². The van der Waals surface area contributed by atoms with Crippen LogP contribution >= 0.6 is 15.9 Å². The van der Waals surface area contributed by atoms with Crippen LogP contribution in [0, 0.1) is 10.1 Å². The van der Waals surface area contributed by atoms with Crippen LogP contribution in [0.2, 0.25) is 0 Å². The van der Waals surface area contributed by atoms with Crippen LogP contribution in [-0.4, -0.2) is 20.6 Å². The van der Waals surface area contributed by atoms with E-state index in [0.717, 1.165) is 17.4 Å². The molecule has 0 spiro atoms. The van der Waals surface area contributed by atoms with E-state index in [1.165, 1.54) is 19.1 Å². The molecule has 0 aliphatic rings. The van der Waals surface area contributed by atoms with Gasteiger partial charge in [-0.05, 0) is 12.5 Å². The quantitative estimate of drug-likeness (QED) is 0.362. The molecule has 0 saturated heterocycles. The molecule has 0 aliphatic carbocycles. The monoisotopic (exact) mass is 336 g/mol. The van der Waals surface area contributed by atoms with Crippen LogP contribution in [-0.2, 0) is 6.54 Å². The van der Waals surface area contributed by atoms with Crippen molar-refractivity contribution in [3.63, 3.8) is 0 Å². The van der Waals surface area contributed by atoms with E-state index in [1.807, 2.05) is 10.8 Å². The zero-order chi connectivity index (χ0) is 14.7. The smallest absolute Gasteiger partial charge is 0.270 e. The molecule has 0 fully saturated rings. The molecule has 0 amide bonds. The first-order chi connectivity index (χ1) is 9.52. The number of ketones is 1. The molecular weight excluding hydrogens is 324 g/mol. The number of nitro groups is 1. The number of nitro benzene ring substituents is 1. The fourth-order valence-corrected chi connectivity index (χ4v) is 2.44. The van der Waals surface area contributed by atoms with Gasteiger partial charge >= 0.3 is 0 Å². The fraction of sp³-hybridized carbons (Fsp3) is 0.214. The first-order valence-corrected chi connectivity index (χ1v) is 7.16. The first kappa shape index (κ1) is 14.5. The molecule has 0 unspecified atom stereocenters. The Balaban J connectivity index is 2.53. The van der Waals surface area contributed by atoms with Gasteiger partial charge < -0.3 is 4.57 Å². The maximum atomic E-state index is 11.7. The number of aryl methyl sites for hydroxylation is 1. The van der Waals surface area contributed by atoms with Crippen LogP contribution in [0.4, 0.5) is 5.69 Å². The van der Waals surface area contributed by atoms with Crippen LogP contribution in [0.3, 0.4) is 0 Å². The van der Waals surface area contributed by atoms with Crippen molar-refractivity contribution in [2.75, 3.05) is 5.33 Å². The van der Waals surface area contributed by atoms with Crippen molar-refractivity contribution >= 4 is 27.4 Å². The molecule has 2 aromatic rings. The molecule has 0 radical (unpaired) electrons. The van der Waals surface area contributed by atoms with Crippen molar-refractivity contribution in [2.24, 2.45) is 0 Å². The van der Waals surface area contributed by atoms with E-state index in [-0.39, 0.29) is 11.5 Å². The van der Waals surface area contributed by atoms with E-state index >= 15 is 0 Å². The topological polar surface area (TPSA) is 65.1 Å². The normalized spacial score (nSPS) is 10.5. The molecule has 5 nitrogen and oxygen atoms in total. The predicted molar refractivity (Wildman–Crippen MR) is 80.3 cm³/mol. The zero-order valence-electron chi connectivity index (χ0n) is 10.9. The number of carbonyl (C=O) groups is 1. The van der Waals surface area contributed by atoms with Crippen molar-refractivity contribution < 1.29 is 9.72 Å². The van der Waals surface area contributed by atoms with E-state index in [9.17, 15) is 14.9 Å². The van der Waals surface area contributed by atoms with Crippen LogP contribution in [0.15, 0.2) is 36.7 Å². The molecular formula is C14H13BrN2O3. The number of nitrogens with zero attached hydrogens (tertiary/aromatic N) is 2. The Kier molecular flexibility index (Phi) is 4.34. The van der Waals surface area contributed by atoms with Crippen LogP contribution in [0.5, 0.6) is 0 Å². The molecule has 0 N–H and O–H groups in total. The lowest BCUT2D eigenvalue weighted by molar-refractivity contribution is -0.384. The summed E-state index contributed by atoms with van der Waals surface area (Å²) in [5, 5.41) is 11.6. The third-order valence-electron chi connectivity index (χ3n) is 2.97. The Bertz CT molecular complexity index is 664.